The lowest BCUT2D eigenvalue weighted by molar-refractivity contribution is -0.117. The number of hydrogen-bond donors (Lipinski definition) is 0. The number of amides is 1. The number of benzene rings is 1. The Morgan fingerprint density at radius 2 is 2.15 bits per heavy atom. The van der Waals surface area contributed by atoms with Crippen LogP contribution in [0.25, 0.3) is 4.96 Å². The molecule has 9 heteroatoms. The normalized spacial score (nSPS) is 14.1. The van der Waals surface area contributed by atoms with Gasteiger partial charge in [-0.25, -0.2) is 9.78 Å². The van der Waals surface area contributed by atoms with Gasteiger partial charge in [0.25, 0.3) is 5.56 Å². The molecule has 1 aliphatic rings. The fraction of sp³-hybridized carbons (Fsp3) is 0.222. The van der Waals surface area contributed by atoms with Crippen molar-refractivity contribution >= 4 is 45.5 Å². The van der Waals surface area contributed by atoms with Crippen LogP contribution in [0.4, 0.5) is 5.69 Å². The summed E-state index contributed by atoms with van der Waals surface area (Å²) in [6.45, 7) is 0.453. The maximum Gasteiger partial charge on any atom is 0.338 e. The predicted molar refractivity (Wildman–Crippen MR) is 101 cm³/mol. The van der Waals surface area contributed by atoms with Crippen LogP contribution in [0.15, 0.2) is 40.6 Å². The molecule has 0 radical (unpaired) electrons. The lowest BCUT2D eigenvalue weighted by Gasteiger charge is -2.18. The Labute approximate surface area is 162 Å². The summed E-state index contributed by atoms with van der Waals surface area (Å²) >= 11 is 7.51. The van der Waals surface area contributed by atoms with Crippen LogP contribution >= 0.6 is 22.9 Å². The molecule has 1 fully saturated rings. The van der Waals surface area contributed by atoms with Crippen molar-refractivity contribution in [2.45, 2.75) is 19.4 Å². The van der Waals surface area contributed by atoms with E-state index in [-0.39, 0.29) is 23.6 Å². The summed E-state index contributed by atoms with van der Waals surface area (Å²) in [6.07, 6.45) is 2.87. The largest absolute Gasteiger partial charge is 0.456 e. The van der Waals surface area contributed by atoms with Crippen LogP contribution in [-0.2, 0) is 16.1 Å². The minimum atomic E-state index is -0.576. The van der Waals surface area contributed by atoms with E-state index in [1.807, 2.05) is 0 Å². The maximum atomic E-state index is 12.4. The summed E-state index contributed by atoms with van der Waals surface area (Å²) in [4.78, 5) is 42.7. The zero-order chi connectivity index (χ0) is 19.0. The van der Waals surface area contributed by atoms with Gasteiger partial charge in [-0.15, -0.1) is 11.3 Å². The fourth-order valence-electron chi connectivity index (χ4n) is 2.93. The van der Waals surface area contributed by atoms with Gasteiger partial charge in [-0.2, -0.15) is 0 Å². The summed E-state index contributed by atoms with van der Waals surface area (Å²) in [7, 11) is 0. The number of thiazole rings is 1. The number of nitrogens with zero attached hydrogens (tertiary/aromatic N) is 3. The molecule has 0 N–H and O–H groups in total. The molecule has 0 unspecified atom stereocenters. The molecule has 27 heavy (non-hydrogen) atoms. The third kappa shape index (κ3) is 3.45. The van der Waals surface area contributed by atoms with Crippen molar-refractivity contribution in [3.63, 3.8) is 0 Å². The summed E-state index contributed by atoms with van der Waals surface area (Å²) in [5.74, 6) is -0.593. The van der Waals surface area contributed by atoms with E-state index >= 15 is 0 Å². The summed E-state index contributed by atoms with van der Waals surface area (Å²) in [6, 6.07) is 6.00. The van der Waals surface area contributed by atoms with Crippen molar-refractivity contribution < 1.29 is 14.3 Å². The molecule has 4 rings (SSSR count). The van der Waals surface area contributed by atoms with Crippen molar-refractivity contribution in [1.29, 1.82) is 0 Å². The van der Waals surface area contributed by atoms with Gasteiger partial charge in [-0.3, -0.25) is 14.0 Å². The van der Waals surface area contributed by atoms with E-state index in [2.05, 4.69) is 4.98 Å². The molecule has 2 aromatic heterocycles. The SMILES string of the molecule is O=C(OCc1cc(=O)n2ccsc2n1)c1ccc(Cl)c(N2CCCC2=O)c1. The van der Waals surface area contributed by atoms with Gasteiger partial charge in [0, 0.05) is 30.6 Å². The lowest BCUT2D eigenvalue weighted by Crippen LogP contribution is -2.24. The molecule has 0 saturated carbocycles. The summed E-state index contributed by atoms with van der Waals surface area (Å²) in [5.41, 5.74) is 0.932. The van der Waals surface area contributed by atoms with E-state index in [9.17, 15) is 14.4 Å². The van der Waals surface area contributed by atoms with E-state index in [0.717, 1.165) is 6.42 Å². The van der Waals surface area contributed by atoms with E-state index < -0.39 is 5.97 Å². The zero-order valence-corrected chi connectivity index (χ0v) is 15.6. The molecule has 0 bridgehead atoms. The first kappa shape index (κ1) is 17.7. The van der Waals surface area contributed by atoms with Crippen LogP contribution in [0.3, 0.4) is 0 Å². The molecule has 1 amide bonds. The number of aromatic nitrogens is 2. The van der Waals surface area contributed by atoms with Crippen LogP contribution in [0.5, 0.6) is 0 Å². The number of esters is 1. The molecular weight excluding hydrogens is 390 g/mol. The molecule has 0 atom stereocenters. The first-order valence-electron chi connectivity index (χ1n) is 8.26. The molecule has 1 aromatic carbocycles. The summed E-state index contributed by atoms with van der Waals surface area (Å²) < 4.78 is 6.71. The molecule has 138 valence electrons. The number of ether oxygens (including phenoxy) is 1. The van der Waals surface area contributed by atoms with Crippen molar-refractivity contribution in [1.82, 2.24) is 9.38 Å². The molecule has 0 spiro atoms. The third-order valence-electron chi connectivity index (χ3n) is 4.25. The number of rotatable bonds is 4. The van der Waals surface area contributed by atoms with E-state index in [4.69, 9.17) is 16.3 Å². The Bertz CT molecular complexity index is 1110. The number of halogens is 1. The Balaban J connectivity index is 1.52. The number of hydrogen-bond acceptors (Lipinski definition) is 6. The monoisotopic (exact) mass is 403 g/mol. The third-order valence-corrected chi connectivity index (χ3v) is 5.33. The molecule has 1 saturated heterocycles. The van der Waals surface area contributed by atoms with Crippen LogP contribution in [0.1, 0.15) is 28.9 Å². The fourth-order valence-corrected chi connectivity index (χ4v) is 3.89. The van der Waals surface area contributed by atoms with Gasteiger partial charge in [0.05, 0.1) is 22.0 Å². The van der Waals surface area contributed by atoms with Gasteiger partial charge in [-0.1, -0.05) is 11.6 Å². The quantitative estimate of drug-likeness (QED) is 0.626. The van der Waals surface area contributed by atoms with Gasteiger partial charge in [0.2, 0.25) is 5.91 Å². The van der Waals surface area contributed by atoms with E-state index in [1.165, 1.54) is 21.8 Å². The van der Waals surface area contributed by atoms with Gasteiger partial charge in [-0.05, 0) is 24.6 Å². The van der Waals surface area contributed by atoms with Gasteiger partial charge in [0.15, 0.2) is 4.96 Å². The Morgan fingerprint density at radius 3 is 2.93 bits per heavy atom. The highest BCUT2D eigenvalue weighted by Gasteiger charge is 2.24. The minimum absolute atomic E-state index is 0.0173. The Morgan fingerprint density at radius 1 is 1.30 bits per heavy atom. The number of carbonyl (C=O) groups excluding carboxylic acids is 2. The van der Waals surface area contributed by atoms with E-state index in [0.29, 0.717) is 34.3 Å². The van der Waals surface area contributed by atoms with Crippen LogP contribution < -0.4 is 10.5 Å². The van der Waals surface area contributed by atoms with E-state index in [1.54, 1.807) is 34.7 Å². The van der Waals surface area contributed by atoms with Crippen molar-refractivity contribution in [2.75, 3.05) is 11.4 Å². The predicted octanol–water partition coefficient (Wildman–Crippen LogP) is 2.89. The first-order chi connectivity index (χ1) is 13.0. The highest BCUT2D eigenvalue weighted by Crippen LogP contribution is 2.30. The second-order valence-corrected chi connectivity index (χ2v) is 7.31. The zero-order valence-electron chi connectivity index (χ0n) is 14.1. The van der Waals surface area contributed by atoms with Crippen LogP contribution in [0.2, 0.25) is 5.02 Å². The van der Waals surface area contributed by atoms with Crippen molar-refractivity contribution in [3.05, 3.63) is 62.5 Å². The van der Waals surface area contributed by atoms with Crippen molar-refractivity contribution in [3.8, 4) is 0 Å². The smallest absolute Gasteiger partial charge is 0.338 e. The lowest BCUT2D eigenvalue weighted by atomic mass is 10.2. The topological polar surface area (TPSA) is 81.0 Å². The standard InChI is InChI=1S/C18H14ClN3O4S/c19-13-4-3-11(8-14(13)21-5-1-2-15(21)23)17(25)26-10-12-9-16(24)22-6-7-27-18(22)20-12/h3-4,6-9H,1-2,5,10H2. The van der Waals surface area contributed by atoms with Crippen LogP contribution in [-0.4, -0.2) is 27.8 Å². The van der Waals surface area contributed by atoms with Gasteiger partial charge in [0.1, 0.15) is 6.61 Å². The first-order valence-corrected chi connectivity index (χ1v) is 9.51. The Kier molecular flexibility index (Phi) is 4.67. The average molecular weight is 404 g/mol. The second-order valence-electron chi connectivity index (χ2n) is 6.03. The van der Waals surface area contributed by atoms with Gasteiger partial charge < -0.3 is 9.64 Å². The highest BCUT2D eigenvalue weighted by molar-refractivity contribution is 7.15. The molecule has 3 heterocycles. The van der Waals surface area contributed by atoms with Crippen molar-refractivity contribution in [2.24, 2.45) is 0 Å². The number of fused-ring (bicyclic) bond motifs is 1. The number of carbonyl (C=O) groups is 2. The Hall–Kier alpha value is -2.71. The summed E-state index contributed by atoms with van der Waals surface area (Å²) in [5, 5.41) is 2.16. The second kappa shape index (κ2) is 7.13. The number of anilines is 1. The highest BCUT2D eigenvalue weighted by atomic mass is 35.5. The molecule has 0 aliphatic carbocycles. The molecule has 7 nitrogen and oxygen atoms in total. The van der Waals surface area contributed by atoms with Gasteiger partial charge >= 0.3 is 5.97 Å². The molecule has 1 aliphatic heterocycles. The van der Waals surface area contributed by atoms with Crippen LogP contribution in [0, 0.1) is 0 Å². The molecular formula is C18H14ClN3O4S. The molecule has 3 aromatic rings. The minimum Gasteiger partial charge on any atom is -0.456 e. The maximum absolute atomic E-state index is 12.4. The average Bonchev–Trinajstić information content (AvgIpc) is 3.29.